The van der Waals surface area contributed by atoms with E-state index in [1.807, 2.05) is 44.7 Å². The van der Waals surface area contributed by atoms with Gasteiger partial charge in [0.15, 0.2) is 5.82 Å². The van der Waals surface area contributed by atoms with Gasteiger partial charge in [-0.2, -0.15) is 5.26 Å². The summed E-state index contributed by atoms with van der Waals surface area (Å²) in [6.45, 7) is 7.88. The molecule has 0 N–H and O–H groups in total. The number of fused-ring (bicyclic) bond motifs is 6. The van der Waals surface area contributed by atoms with Gasteiger partial charge in [-0.15, -0.1) is 0 Å². The van der Waals surface area contributed by atoms with Gasteiger partial charge in [-0.25, -0.2) is 18.6 Å². The Balaban J connectivity index is 1.30. The van der Waals surface area contributed by atoms with Gasteiger partial charge in [-0.05, 0) is 90.0 Å². The van der Waals surface area contributed by atoms with Gasteiger partial charge in [0.25, 0.3) is 0 Å². The van der Waals surface area contributed by atoms with Crippen molar-refractivity contribution >= 4 is 57.0 Å². The van der Waals surface area contributed by atoms with Crippen molar-refractivity contribution in [3.05, 3.63) is 63.1 Å². The van der Waals surface area contributed by atoms with Crippen LogP contribution in [0.2, 0.25) is 10.0 Å². The maximum absolute atomic E-state index is 17.3. The van der Waals surface area contributed by atoms with E-state index in [2.05, 4.69) is 10.6 Å². The van der Waals surface area contributed by atoms with E-state index >= 15 is 8.78 Å². The number of benzene rings is 2. The molecule has 7 atom stereocenters. The zero-order valence-electron chi connectivity index (χ0n) is 30.1. The summed E-state index contributed by atoms with van der Waals surface area (Å²) >= 11 is 13.1. The average molecular weight is 761 g/mol. The lowest BCUT2D eigenvalue weighted by molar-refractivity contribution is -0.138. The maximum atomic E-state index is 17.3. The van der Waals surface area contributed by atoms with E-state index in [-0.39, 0.29) is 81.8 Å². The summed E-state index contributed by atoms with van der Waals surface area (Å²) in [6.07, 6.45) is 2.37. The lowest BCUT2D eigenvalue weighted by Crippen LogP contribution is -2.47. The number of piperidine rings is 1. The Morgan fingerprint density at radius 2 is 1.89 bits per heavy atom. The molecule has 12 heteroatoms. The number of carbonyl (C=O) groups excluding carboxylic acids is 2. The highest BCUT2D eigenvalue weighted by Gasteiger charge is 2.60. The van der Waals surface area contributed by atoms with Gasteiger partial charge in [0.2, 0.25) is 5.91 Å². The van der Waals surface area contributed by atoms with Crippen LogP contribution in [0.5, 0.6) is 0 Å². The first-order valence-corrected chi connectivity index (χ1v) is 19.5. The molecular weight excluding hydrogens is 719 g/mol. The second kappa shape index (κ2) is 12.3. The van der Waals surface area contributed by atoms with Gasteiger partial charge >= 0.3 is 6.09 Å². The average Bonchev–Trinajstić information content (AvgIpc) is 3.39. The van der Waals surface area contributed by atoms with Crippen molar-refractivity contribution in [1.82, 2.24) is 19.4 Å². The Hall–Kier alpha value is -3.94. The quantitative estimate of drug-likeness (QED) is 0.195. The summed E-state index contributed by atoms with van der Waals surface area (Å²) < 4.78 is 41.2. The largest absolute Gasteiger partial charge is 0.444 e. The number of likely N-dealkylation sites (tertiary alicyclic amines) is 1. The van der Waals surface area contributed by atoms with Crippen molar-refractivity contribution in [3.8, 4) is 17.2 Å². The summed E-state index contributed by atoms with van der Waals surface area (Å²) in [7, 11) is 0. The molecule has 2 aromatic heterocycles. The molecule has 3 saturated heterocycles. The Kier molecular flexibility index (Phi) is 8.07. The van der Waals surface area contributed by atoms with E-state index in [1.165, 1.54) is 0 Å². The first kappa shape index (κ1) is 34.8. The number of aryl methyl sites for hydroxylation is 2. The number of amides is 2. The van der Waals surface area contributed by atoms with Crippen molar-refractivity contribution in [2.24, 2.45) is 17.8 Å². The fraction of sp³-hybridized carbons (Fsp3) is 0.512. The SMILES string of the molecule is Cc1nc2c(F)c(-c3cccc(Cl)c3Cl)c(CCC#N)cc2c2c1cc([C@H]1[C@H]3C[C@H](C[C@@H]3F)N1C(=O)C1CC1)n2[C@H]1[C@@H]2C[C@H]1N(C(=O)OC(C)(C)C)C2. The van der Waals surface area contributed by atoms with Crippen LogP contribution in [0, 0.1) is 41.8 Å². The fourth-order valence-corrected chi connectivity index (χ4v) is 10.3. The van der Waals surface area contributed by atoms with Crippen molar-refractivity contribution in [3.63, 3.8) is 0 Å². The predicted octanol–water partition coefficient (Wildman–Crippen LogP) is 9.66. The molecule has 4 bridgehead atoms. The van der Waals surface area contributed by atoms with Gasteiger partial charge in [0.05, 0.1) is 39.8 Å². The third-order valence-electron chi connectivity index (χ3n) is 12.3. The molecule has 276 valence electrons. The van der Waals surface area contributed by atoms with E-state index in [9.17, 15) is 14.9 Å². The maximum Gasteiger partial charge on any atom is 0.410 e. The monoisotopic (exact) mass is 759 g/mol. The minimum absolute atomic E-state index is 0.0342. The molecule has 5 heterocycles. The molecule has 8 nitrogen and oxygen atoms in total. The molecule has 3 aliphatic heterocycles. The minimum Gasteiger partial charge on any atom is -0.444 e. The molecule has 10 rings (SSSR count). The van der Waals surface area contributed by atoms with Gasteiger partial charge in [-0.1, -0.05) is 35.3 Å². The number of aromatic nitrogens is 2. The molecule has 0 radical (unpaired) electrons. The molecule has 6 aliphatic rings. The van der Waals surface area contributed by atoms with Gasteiger partial charge < -0.3 is 19.1 Å². The van der Waals surface area contributed by atoms with Crippen LogP contribution in [0.1, 0.15) is 88.3 Å². The number of halogens is 4. The molecule has 4 aromatic rings. The standard InChI is InChI=1S/C41H41Cl2F2N5O3/c1-19-25-17-31(38-26-15-23(16-29(26)44)49(38)39(51)20-10-11-20)50(36-22-14-30(36)48(18-22)40(52)53-41(2,3)4)37(25)27-13-21(7-6-12-46)32(34(45)35(27)47-19)24-8-5-9-28(42)33(24)43/h5,8-9,13,17,20,22-23,26,29-30,36,38H,6-7,10-11,14-16,18H2,1-4H3/t22-,23-,26+,29+,30-,36+,38-/m1/s1. The fourth-order valence-electron chi connectivity index (χ4n) is 9.93. The van der Waals surface area contributed by atoms with Crippen LogP contribution < -0.4 is 0 Å². The van der Waals surface area contributed by atoms with Crippen LogP contribution in [0.3, 0.4) is 0 Å². The highest BCUT2D eigenvalue weighted by Crippen LogP contribution is 2.58. The highest BCUT2D eigenvalue weighted by molar-refractivity contribution is 6.43. The van der Waals surface area contributed by atoms with E-state index in [0.29, 0.717) is 41.6 Å². The van der Waals surface area contributed by atoms with Gasteiger partial charge in [0.1, 0.15) is 17.3 Å². The van der Waals surface area contributed by atoms with E-state index in [4.69, 9.17) is 32.9 Å². The molecule has 3 aliphatic carbocycles. The molecule has 0 spiro atoms. The Morgan fingerprint density at radius 3 is 2.60 bits per heavy atom. The lowest BCUT2D eigenvalue weighted by atomic mass is 9.79. The van der Waals surface area contributed by atoms with E-state index < -0.39 is 23.6 Å². The molecule has 2 aromatic carbocycles. The molecule has 2 amide bonds. The number of ether oxygens (including phenoxy) is 1. The number of pyridine rings is 1. The number of hydrogen-bond acceptors (Lipinski definition) is 5. The first-order valence-electron chi connectivity index (χ1n) is 18.7. The normalized spacial score (nSPS) is 27.5. The highest BCUT2D eigenvalue weighted by atomic mass is 35.5. The zero-order chi connectivity index (χ0) is 37.2. The Bertz CT molecular complexity index is 2280. The molecular formula is C41H41Cl2F2N5O3. The van der Waals surface area contributed by atoms with Crippen LogP contribution in [-0.2, 0) is 16.0 Å². The third-order valence-corrected chi connectivity index (χ3v) is 13.1. The van der Waals surface area contributed by atoms with Gasteiger partial charge in [0, 0.05) is 70.0 Å². The van der Waals surface area contributed by atoms with E-state index in [1.54, 1.807) is 23.1 Å². The van der Waals surface area contributed by atoms with Gasteiger partial charge in [-0.3, -0.25) is 4.79 Å². The number of nitriles is 1. The van der Waals surface area contributed by atoms with Crippen molar-refractivity contribution < 1.29 is 23.1 Å². The van der Waals surface area contributed by atoms with Crippen LogP contribution in [-0.4, -0.2) is 61.8 Å². The summed E-state index contributed by atoms with van der Waals surface area (Å²) in [5.74, 6) is -0.811. The predicted molar refractivity (Wildman–Crippen MR) is 199 cm³/mol. The molecule has 6 fully saturated rings. The van der Waals surface area contributed by atoms with Crippen LogP contribution in [0.15, 0.2) is 30.3 Å². The van der Waals surface area contributed by atoms with Crippen molar-refractivity contribution in [2.75, 3.05) is 6.54 Å². The lowest BCUT2D eigenvalue weighted by Gasteiger charge is -2.43. The Morgan fingerprint density at radius 1 is 1.11 bits per heavy atom. The second-order valence-electron chi connectivity index (χ2n) is 16.7. The number of alkyl halides is 1. The second-order valence-corrected chi connectivity index (χ2v) is 17.5. The molecule has 3 saturated carbocycles. The number of nitrogens with zero attached hydrogens (tertiary/aromatic N) is 5. The van der Waals surface area contributed by atoms with Crippen molar-refractivity contribution in [2.45, 2.75) is 109 Å². The minimum atomic E-state index is -1.05. The topological polar surface area (TPSA) is 91.5 Å². The molecule has 53 heavy (non-hydrogen) atoms. The zero-order valence-corrected chi connectivity index (χ0v) is 31.6. The summed E-state index contributed by atoms with van der Waals surface area (Å²) in [5, 5.41) is 11.5. The van der Waals surface area contributed by atoms with Crippen LogP contribution >= 0.6 is 23.2 Å². The summed E-state index contributed by atoms with van der Waals surface area (Å²) in [6, 6.07) is 10.2. The number of hydrogen-bond donors (Lipinski definition) is 0. The smallest absolute Gasteiger partial charge is 0.410 e. The summed E-state index contributed by atoms with van der Waals surface area (Å²) in [5.41, 5.74) is 2.87. The third kappa shape index (κ3) is 5.35. The van der Waals surface area contributed by atoms with Crippen LogP contribution in [0.25, 0.3) is 32.9 Å². The van der Waals surface area contributed by atoms with Crippen LogP contribution in [0.4, 0.5) is 13.6 Å². The molecule has 0 unspecified atom stereocenters. The first-order chi connectivity index (χ1) is 25.3. The van der Waals surface area contributed by atoms with E-state index in [0.717, 1.165) is 35.9 Å². The van der Waals surface area contributed by atoms with Crippen molar-refractivity contribution in [1.29, 1.82) is 5.26 Å². The number of rotatable bonds is 6. The summed E-state index contributed by atoms with van der Waals surface area (Å²) in [4.78, 5) is 36.2. The Labute approximate surface area is 317 Å². The number of carbonyl (C=O) groups is 2.